The second kappa shape index (κ2) is 12.3. The minimum absolute atomic E-state index is 0.0552. The summed E-state index contributed by atoms with van der Waals surface area (Å²) in [7, 11) is 0. The highest BCUT2D eigenvalue weighted by Crippen LogP contribution is 2.49. The molecule has 0 aliphatic heterocycles. The van der Waals surface area contributed by atoms with Gasteiger partial charge >= 0.3 is 5.97 Å². The predicted molar refractivity (Wildman–Crippen MR) is 98.1 cm³/mol. The summed E-state index contributed by atoms with van der Waals surface area (Å²) in [6.07, 6.45) is 11.1. The molecule has 0 rings (SSSR count). The summed E-state index contributed by atoms with van der Waals surface area (Å²) in [5, 5.41) is 0. The van der Waals surface area contributed by atoms with Crippen molar-refractivity contribution in [3.8, 4) is 0 Å². The molecule has 0 N–H and O–H groups in total. The first-order valence-corrected chi connectivity index (χ1v) is 11.3. The third kappa shape index (κ3) is 10.2. The summed E-state index contributed by atoms with van der Waals surface area (Å²) in [6, 6.07) is 0. The molecule has 0 heterocycles. The van der Waals surface area contributed by atoms with Crippen LogP contribution in [0.15, 0.2) is 0 Å². The highest BCUT2D eigenvalue weighted by atomic mass is 31.2. The molecule has 3 heteroatoms. The van der Waals surface area contributed by atoms with Crippen molar-refractivity contribution in [3.63, 3.8) is 0 Å². The molecule has 0 amide bonds. The van der Waals surface area contributed by atoms with E-state index in [9.17, 15) is 4.79 Å². The van der Waals surface area contributed by atoms with Crippen LogP contribution in [0.5, 0.6) is 0 Å². The lowest BCUT2D eigenvalue weighted by molar-refractivity contribution is -0.135. The number of carbonyl (C=O) groups is 1. The molecule has 0 aromatic rings. The minimum atomic E-state index is -1.26. The highest BCUT2D eigenvalue weighted by molar-refractivity contribution is 7.76. The van der Waals surface area contributed by atoms with Crippen LogP contribution in [0.2, 0.25) is 0 Å². The van der Waals surface area contributed by atoms with Crippen molar-refractivity contribution < 1.29 is 9.53 Å². The van der Waals surface area contributed by atoms with E-state index in [2.05, 4.69) is 34.6 Å². The summed E-state index contributed by atoms with van der Waals surface area (Å²) >= 11 is 0. The van der Waals surface area contributed by atoms with Gasteiger partial charge in [0.15, 0.2) is 0 Å². The topological polar surface area (TPSA) is 26.3 Å². The normalized spacial score (nSPS) is 11.7. The van der Waals surface area contributed by atoms with Crippen molar-refractivity contribution in [2.45, 2.75) is 73.1 Å². The Labute approximate surface area is 133 Å². The molecule has 0 aliphatic rings. The van der Waals surface area contributed by atoms with Crippen LogP contribution in [0.1, 0.15) is 73.1 Å². The second-order valence-corrected chi connectivity index (χ2v) is 10.6. The van der Waals surface area contributed by atoms with E-state index in [0.29, 0.717) is 12.5 Å². The van der Waals surface area contributed by atoms with E-state index in [4.69, 9.17) is 4.74 Å². The largest absolute Gasteiger partial charge is 0.462 e. The van der Waals surface area contributed by atoms with Crippen molar-refractivity contribution >= 4 is 18.7 Å². The van der Waals surface area contributed by atoms with Crippen molar-refractivity contribution in [2.24, 2.45) is 5.92 Å². The van der Waals surface area contributed by atoms with E-state index in [-0.39, 0.29) is 5.97 Å². The zero-order valence-electron chi connectivity index (χ0n) is 15.0. The first kappa shape index (κ1) is 20.8. The van der Waals surface area contributed by atoms with Gasteiger partial charge in [-0.1, -0.05) is 60.8 Å². The quantitative estimate of drug-likeness (QED) is 0.356. The lowest BCUT2D eigenvalue weighted by Gasteiger charge is -2.26. The van der Waals surface area contributed by atoms with Gasteiger partial charge in [0.05, 0.1) is 6.61 Å². The second-order valence-electron chi connectivity index (χ2n) is 6.60. The SMILES string of the molecule is CCCCP(=CC(=O)OCC(C)C)(CCCC)CCCC. The molecule has 126 valence electrons. The first-order chi connectivity index (χ1) is 9.99. The Morgan fingerprint density at radius 3 is 1.71 bits per heavy atom. The molecule has 0 bridgehead atoms. The van der Waals surface area contributed by atoms with Gasteiger partial charge in [0.25, 0.3) is 0 Å². The third-order valence-electron chi connectivity index (χ3n) is 3.81. The van der Waals surface area contributed by atoms with E-state index in [1.165, 1.54) is 57.0 Å². The number of unbranched alkanes of at least 4 members (excludes halogenated alkanes) is 3. The summed E-state index contributed by atoms with van der Waals surface area (Å²) in [5.41, 5.74) is 0. The fourth-order valence-electron chi connectivity index (χ4n) is 2.46. The Kier molecular flexibility index (Phi) is 12.2. The molecule has 2 nitrogen and oxygen atoms in total. The Morgan fingerprint density at radius 2 is 1.38 bits per heavy atom. The lowest BCUT2D eigenvalue weighted by Crippen LogP contribution is -2.15. The molecular formula is C18H37O2P. The summed E-state index contributed by atoms with van der Waals surface area (Å²) in [6.45, 7) is 10.2. The van der Waals surface area contributed by atoms with Crippen LogP contribution in [0.25, 0.3) is 0 Å². The van der Waals surface area contributed by atoms with E-state index >= 15 is 0 Å². The van der Waals surface area contributed by atoms with Crippen molar-refractivity contribution in [1.29, 1.82) is 0 Å². The number of hydrogen-bond acceptors (Lipinski definition) is 2. The zero-order chi connectivity index (χ0) is 16.1. The molecule has 0 saturated heterocycles. The van der Waals surface area contributed by atoms with Gasteiger partial charge in [-0.15, -0.1) is 0 Å². The standard InChI is InChI=1S/C18H37O2P/c1-6-9-12-21(13-10-7-2,14-11-8-3)16-18(19)20-15-17(4)5/h16-17H,6-15H2,1-5H3. The average molecular weight is 316 g/mol. The van der Waals surface area contributed by atoms with Crippen molar-refractivity contribution in [2.75, 3.05) is 25.1 Å². The molecule has 0 aliphatic carbocycles. The van der Waals surface area contributed by atoms with Crippen molar-refractivity contribution in [3.05, 3.63) is 0 Å². The molecule has 0 aromatic heterocycles. The Bertz CT molecular complexity index is 293. The fourth-order valence-corrected chi connectivity index (χ4v) is 6.88. The van der Waals surface area contributed by atoms with Gasteiger partial charge in [-0.2, -0.15) is 0 Å². The number of esters is 1. The summed E-state index contributed by atoms with van der Waals surface area (Å²) in [5.74, 6) is 2.40. The Morgan fingerprint density at radius 1 is 0.952 bits per heavy atom. The molecule has 0 saturated carbocycles. The fraction of sp³-hybridized carbons (Fsp3) is 0.889. The van der Waals surface area contributed by atoms with Crippen LogP contribution in [0, 0.1) is 5.92 Å². The van der Waals surface area contributed by atoms with Gasteiger partial charge < -0.3 is 4.74 Å². The summed E-state index contributed by atoms with van der Waals surface area (Å²) < 4.78 is 5.43. The van der Waals surface area contributed by atoms with Crippen LogP contribution in [-0.4, -0.2) is 36.9 Å². The van der Waals surface area contributed by atoms with Gasteiger partial charge in [0, 0.05) is 5.80 Å². The van der Waals surface area contributed by atoms with Crippen LogP contribution in [0.4, 0.5) is 0 Å². The Hall–Kier alpha value is -0.230. The number of ether oxygens (including phenoxy) is 1. The van der Waals surface area contributed by atoms with E-state index in [1.54, 1.807) is 0 Å². The maximum absolute atomic E-state index is 12.2. The molecule has 0 aromatic carbocycles. The van der Waals surface area contributed by atoms with Crippen molar-refractivity contribution in [1.82, 2.24) is 0 Å². The highest BCUT2D eigenvalue weighted by Gasteiger charge is 2.18. The van der Waals surface area contributed by atoms with E-state index in [0.717, 1.165) is 0 Å². The molecule has 0 atom stereocenters. The monoisotopic (exact) mass is 316 g/mol. The summed E-state index contributed by atoms with van der Waals surface area (Å²) in [4.78, 5) is 12.2. The zero-order valence-corrected chi connectivity index (χ0v) is 15.9. The number of hydrogen-bond donors (Lipinski definition) is 0. The average Bonchev–Trinajstić information content (AvgIpc) is 2.46. The van der Waals surface area contributed by atoms with Crippen LogP contribution >= 0.6 is 6.89 Å². The molecule has 0 spiro atoms. The van der Waals surface area contributed by atoms with Gasteiger partial charge in [0.1, 0.15) is 0 Å². The molecule has 21 heavy (non-hydrogen) atoms. The molecule has 0 fully saturated rings. The molecule has 0 radical (unpaired) electrons. The lowest BCUT2D eigenvalue weighted by atomic mass is 10.2. The third-order valence-corrected chi connectivity index (χ3v) is 8.19. The molecule has 0 unspecified atom stereocenters. The van der Waals surface area contributed by atoms with E-state index < -0.39 is 6.89 Å². The van der Waals surface area contributed by atoms with Gasteiger partial charge in [-0.05, 0) is 43.7 Å². The minimum Gasteiger partial charge on any atom is -0.462 e. The maximum Gasteiger partial charge on any atom is 0.330 e. The predicted octanol–water partition coefficient (Wildman–Crippen LogP) is 5.41. The van der Waals surface area contributed by atoms with Gasteiger partial charge in [-0.3, -0.25) is 0 Å². The van der Waals surface area contributed by atoms with Gasteiger partial charge in [0.2, 0.25) is 0 Å². The van der Waals surface area contributed by atoms with Crippen LogP contribution < -0.4 is 0 Å². The molecular weight excluding hydrogens is 279 g/mol. The smallest absolute Gasteiger partial charge is 0.330 e. The van der Waals surface area contributed by atoms with Crippen LogP contribution in [0.3, 0.4) is 0 Å². The maximum atomic E-state index is 12.2. The first-order valence-electron chi connectivity index (χ1n) is 8.88. The number of carbonyl (C=O) groups excluding carboxylic acids is 1. The van der Waals surface area contributed by atoms with Gasteiger partial charge in [-0.25, -0.2) is 4.79 Å². The Balaban J connectivity index is 5.02. The van der Waals surface area contributed by atoms with Crippen LogP contribution in [-0.2, 0) is 9.53 Å². The van der Waals surface area contributed by atoms with E-state index in [1.807, 2.05) is 5.80 Å². The number of rotatable bonds is 12.